The topological polar surface area (TPSA) is 116 Å². The maximum atomic E-state index is 13.3. The molecule has 9 nitrogen and oxygen atoms in total. The molecule has 1 N–H and O–H groups in total. The van der Waals surface area contributed by atoms with Gasteiger partial charge in [-0.2, -0.15) is 0 Å². The Kier molecular flexibility index (Phi) is 8.34. The molecule has 0 aliphatic carbocycles. The summed E-state index contributed by atoms with van der Waals surface area (Å²) in [6, 6.07) is 16.3. The highest BCUT2D eigenvalue weighted by molar-refractivity contribution is 7.89. The van der Waals surface area contributed by atoms with Crippen LogP contribution in [0.15, 0.2) is 64.6 Å². The number of hydrogen-bond donors (Lipinski definition) is 1. The second kappa shape index (κ2) is 11.2. The van der Waals surface area contributed by atoms with E-state index in [1.807, 2.05) is 70.2 Å². The third-order valence-corrected chi connectivity index (χ3v) is 8.47. The van der Waals surface area contributed by atoms with Crippen LogP contribution >= 0.6 is 0 Å². The number of carbonyl (C=O) groups is 1. The van der Waals surface area contributed by atoms with E-state index in [2.05, 4.69) is 14.7 Å². The number of rotatable bonds is 7. The van der Waals surface area contributed by atoms with Crippen molar-refractivity contribution in [1.29, 1.82) is 0 Å². The third-order valence-electron chi connectivity index (χ3n) is 7.25. The van der Waals surface area contributed by atoms with E-state index in [-0.39, 0.29) is 18.1 Å². The molecule has 0 bridgehead atoms. The highest BCUT2D eigenvalue weighted by Gasteiger charge is 2.51. The molecule has 11 heteroatoms. The molecule has 1 unspecified atom stereocenters. The largest absolute Gasteiger partial charge is 0.494 e. The van der Waals surface area contributed by atoms with Crippen molar-refractivity contribution in [2.45, 2.75) is 77.1 Å². The fraction of sp³-hybridized carbons (Fsp3) is 0.464. The second-order valence-corrected chi connectivity index (χ2v) is 12.7. The number of hydrogen-bond acceptors (Lipinski definition) is 8. The molecule has 1 fully saturated rings. The predicted molar refractivity (Wildman–Crippen MR) is 153 cm³/mol. The fourth-order valence-corrected chi connectivity index (χ4v) is 5.47. The van der Waals surface area contributed by atoms with Gasteiger partial charge in [0.1, 0.15) is 6.10 Å². The number of ether oxygens (including phenoxy) is 1. The van der Waals surface area contributed by atoms with Crippen molar-refractivity contribution < 1.29 is 27.3 Å². The zero-order valence-electron chi connectivity index (χ0n) is 23.3. The van der Waals surface area contributed by atoms with Gasteiger partial charge >= 0.3 is 13.1 Å². The lowest BCUT2D eigenvalue weighted by atomic mass is 9.79. The smallest absolute Gasteiger partial charge is 0.458 e. The van der Waals surface area contributed by atoms with Gasteiger partial charge in [0.2, 0.25) is 10.0 Å². The first kappa shape index (κ1) is 29.0. The lowest BCUT2D eigenvalue weighted by molar-refractivity contribution is -0.146. The number of sulfonamides is 1. The minimum atomic E-state index is -3.84. The molecule has 2 aromatic rings. The van der Waals surface area contributed by atoms with Gasteiger partial charge in [0.15, 0.2) is 5.84 Å². The highest BCUT2D eigenvalue weighted by atomic mass is 32.2. The van der Waals surface area contributed by atoms with Gasteiger partial charge in [0.05, 0.1) is 35.3 Å². The lowest BCUT2D eigenvalue weighted by Crippen LogP contribution is -2.41. The molecule has 208 valence electrons. The van der Waals surface area contributed by atoms with Crippen molar-refractivity contribution in [3.63, 3.8) is 0 Å². The van der Waals surface area contributed by atoms with Crippen LogP contribution in [0.5, 0.6) is 0 Å². The van der Waals surface area contributed by atoms with Crippen LogP contribution in [0, 0.1) is 0 Å². The molecule has 0 amide bonds. The summed E-state index contributed by atoms with van der Waals surface area (Å²) in [6.45, 7) is 11.2. The highest BCUT2D eigenvalue weighted by Crippen LogP contribution is 2.36. The fourth-order valence-electron chi connectivity index (χ4n) is 4.30. The van der Waals surface area contributed by atoms with Crippen LogP contribution in [-0.2, 0) is 41.0 Å². The van der Waals surface area contributed by atoms with E-state index >= 15 is 0 Å². The molecule has 2 aliphatic rings. The zero-order chi connectivity index (χ0) is 28.4. The maximum absolute atomic E-state index is 13.3. The van der Waals surface area contributed by atoms with E-state index < -0.39 is 46.5 Å². The van der Waals surface area contributed by atoms with Crippen molar-refractivity contribution in [2.24, 2.45) is 9.98 Å². The minimum absolute atomic E-state index is 0.162. The molecular formula is C28H36BN3O6S. The minimum Gasteiger partial charge on any atom is -0.458 e. The van der Waals surface area contributed by atoms with E-state index in [0.29, 0.717) is 17.7 Å². The van der Waals surface area contributed by atoms with Gasteiger partial charge in [0.25, 0.3) is 0 Å². The molecule has 2 aromatic carbocycles. The average molecular weight is 553 g/mol. The van der Waals surface area contributed by atoms with E-state index in [9.17, 15) is 13.2 Å². The summed E-state index contributed by atoms with van der Waals surface area (Å²) < 4.78 is 46.8. The number of nitrogens with one attached hydrogen (secondary N) is 1. The molecule has 0 spiro atoms. The van der Waals surface area contributed by atoms with E-state index in [4.69, 9.17) is 14.0 Å². The first-order chi connectivity index (χ1) is 18.2. The SMILES string of the molecule is CC(=O)OC1CN=C(Cc2ccccc2)C(NS(=O)(=O)Cc2ccc(B3OC(C)(C)C(C)(C)O3)cc2)=N[C@@H]1C. The van der Waals surface area contributed by atoms with Gasteiger partial charge in [-0.25, -0.2) is 8.42 Å². The summed E-state index contributed by atoms with van der Waals surface area (Å²) >= 11 is 0. The molecule has 0 saturated carbocycles. The zero-order valence-corrected chi connectivity index (χ0v) is 24.1. The van der Waals surface area contributed by atoms with E-state index in [0.717, 1.165) is 11.0 Å². The summed E-state index contributed by atoms with van der Waals surface area (Å²) in [5.74, 6) is -0.527. The van der Waals surface area contributed by atoms with E-state index in [1.165, 1.54) is 6.92 Å². The maximum Gasteiger partial charge on any atom is 0.494 e. The van der Waals surface area contributed by atoms with Crippen LogP contribution in [0.4, 0.5) is 0 Å². The van der Waals surface area contributed by atoms with Gasteiger partial charge in [-0.3, -0.25) is 19.5 Å². The molecule has 0 radical (unpaired) electrons. The first-order valence-electron chi connectivity index (χ1n) is 13.0. The van der Waals surface area contributed by atoms with Gasteiger partial charge < -0.3 is 14.0 Å². The Morgan fingerprint density at radius 3 is 2.23 bits per heavy atom. The Morgan fingerprint density at radius 2 is 1.64 bits per heavy atom. The Balaban J connectivity index is 1.51. The van der Waals surface area contributed by atoms with Crippen molar-refractivity contribution in [1.82, 2.24) is 4.72 Å². The Bertz CT molecular complexity index is 1340. The summed E-state index contributed by atoms with van der Waals surface area (Å²) in [4.78, 5) is 20.8. The number of benzene rings is 2. The number of amidine groups is 1. The van der Waals surface area contributed by atoms with Gasteiger partial charge in [0, 0.05) is 13.3 Å². The van der Waals surface area contributed by atoms with E-state index in [1.54, 1.807) is 19.1 Å². The Hall–Kier alpha value is -3.02. The van der Waals surface area contributed by atoms with Crippen molar-refractivity contribution >= 4 is 40.1 Å². The van der Waals surface area contributed by atoms with Crippen LogP contribution < -0.4 is 10.2 Å². The molecule has 2 heterocycles. The van der Waals surface area contributed by atoms with Crippen molar-refractivity contribution in [3.8, 4) is 0 Å². The molecule has 2 atom stereocenters. The predicted octanol–water partition coefficient (Wildman–Crippen LogP) is 2.82. The summed E-state index contributed by atoms with van der Waals surface area (Å²) in [5.41, 5.74) is 1.94. The normalized spacial score (nSPS) is 22.5. The number of nitrogens with zero attached hydrogens (tertiary/aromatic N) is 2. The van der Waals surface area contributed by atoms with Gasteiger partial charge in [-0.15, -0.1) is 0 Å². The summed E-state index contributed by atoms with van der Waals surface area (Å²) in [6.07, 6.45) is -0.206. The lowest BCUT2D eigenvalue weighted by Gasteiger charge is -2.32. The second-order valence-electron chi connectivity index (χ2n) is 11.0. The van der Waals surface area contributed by atoms with Crippen LogP contribution in [-0.4, -0.2) is 62.9 Å². The third kappa shape index (κ3) is 7.15. The Labute approximate surface area is 231 Å². The Morgan fingerprint density at radius 1 is 1.03 bits per heavy atom. The van der Waals surface area contributed by atoms with Gasteiger partial charge in [-0.1, -0.05) is 54.6 Å². The molecule has 1 saturated heterocycles. The van der Waals surface area contributed by atoms with Crippen molar-refractivity contribution in [3.05, 3.63) is 65.7 Å². The molecule has 0 aromatic heterocycles. The summed E-state index contributed by atoms with van der Waals surface area (Å²) in [5, 5.41) is 0. The number of carbonyl (C=O) groups excluding carboxylic acids is 1. The summed E-state index contributed by atoms with van der Waals surface area (Å²) in [7, 11) is -4.37. The van der Waals surface area contributed by atoms with Crippen LogP contribution in [0.1, 0.15) is 52.7 Å². The van der Waals surface area contributed by atoms with Gasteiger partial charge in [-0.05, 0) is 51.2 Å². The molecule has 4 rings (SSSR count). The average Bonchev–Trinajstić information content (AvgIpc) is 2.98. The molecule has 2 aliphatic heterocycles. The van der Waals surface area contributed by atoms with Crippen LogP contribution in [0.2, 0.25) is 0 Å². The number of esters is 1. The monoisotopic (exact) mass is 553 g/mol. The standard InChI is InChI=1S/C28H36BN3O6S/c1-19-25(36-20(2)33)17-30-24(16-21-10-8-7-9-11-21)26(31-19)32-39(34,35)18-22-12-14-23(15-13-22)29-37-27(3,4)28(5,6)38-29/h7-15,19,25H,16-18H2,1-6H3,(H,31,32)/t19-,25?/m1/s1. The van der Waals surface area contributed by atoms with Crippen molar-refractivity contribution in [2.75, 3.05) is 6.54 Å². The quantitative estimate of drug-likeness (QED) is 0.417. The van der Waals surface area contributed by atoms with Crippen LogP contribution in [0.3, 0.4) is 0 Å². The first-order valence-corrected chi connectivity index (χ1v) is 14.7. The van der Waals surface area contributed by atoms with Crippen LogP contribution in [0.25, 0.3) is 0 Å². The number of aliphatic imine (C=N–C) groups is 2. The molecule has 39 heavy (non-hydrogen) atoms. The molecular weight excluding hydrogens is 517 g/mol.